The molecule has 1 aliphatic rings. The summed E-state index contributed by atoms with van der Waals surface area (Å²) in [6.07, 6.45) is 12.4. The predicted molar refractivity (Wildman–Crippen MR) is 75.4 cm³/mol. The predicted octanol–water partition coefficient (Wildman–Crippen LogP) is 3.74. The van der Waals surface area contributed by atoms with Gasteiger partial charge in [0.05, 0.1) is 5.69 Å². The molecule has 1 fully saturated rings. The van der Waals surface area contributed by atoms with Gasteiger partial charge in [0.1, 0.15) is 5.15 Å². The molecule has 0 amide bonds. The summed E-state index contributed by atoms with van der Waals surface area (Å²) < 4.78 is 0. The van der Waals surface area contributed by atoms with Gasteiger partial charge in [0.2, 0.25) is 0 Å². The average Bonchev–Trinajstić information content (AvgIpc) is 2.35. The van der Waals surface area contributed by atoms with Crippen molar-refractivity contribution in [1.82, 2.24) is 9.97 Å². The van der Waals surface area contributed by atoms with E-state index in [-0.39, 0.29) is 0 Å². The SMILES string of the molecule is PCCC1CCC(Cc2nccnc2Cl)CC1. The number of nitrogens with zero attached hydrogens (tertiary/aromatic N) is 2. The molecule has 0 aromatic carbocycles. The Morgan fingerprint density at radius 2 is 1.76 bits per heavy atom. The van der Waals surface area contributed by atoms with Crippen LogP contribution in [0, 0.1) is 11.8 Å². The third-order valence-electron chi connectivity index (χ3n) is 3.75. The van der Waals surface area contributed by atoms with Crippen LogP contribution in [-0.2, 0) is 6.42 Å². The van der Waals surface area contributed by atoms with E-state index in [0.29, 0.717) is 5.15 Å². The van der Waals surface area contributed by atoms with E-state index in [1.54, 1.807) is 12.4 Å². The lowest BCUT2D eigenvalue weighted by Crippen LogP contribution is -2.17. The van der Waals surface area contributed by atoms with Crippen LogP contribution in [0.25, 0.3) is 0 Å². The lowest BCUT2D eigenvalue weighted by atomic mass is 9.79. The van der Waals surface area contributed by atoms with E-state index >= 15 is 0 Å². The Labute approximate surface area is 111 Å². The minimum Gasteiger partial charge on any atom is -0.256 e. The van der Waals surface area contributed by atoms with E-state index in [0.717, 1.165) is 24.0 Å². The fraction of sp³-hybridized carbons (Fsp3) is 0.692. The molecule has 0 N–H and O–H groups in total. The summed E-state index contributed by atoms with van der Waals surface area (Å²) in [6.45, 7) is 0. The third kappa shape index (κ3) is 3.89. The van der Waals surface area contributed by atoms with Crippen LogP contribution in [0.1, 0.15) is 37.8 Å². The highest BCUT2D eigenvalue weighted by molar-refractivity contribution is 7.16. The van der Waals surface area contributed by atoms with Gasteiger partial charge in [0, 0.05) is 12.4 Å². The van der Waals surface area contributed by atoms with Gasteiger partial charge in [0.15, 0.2) is 0 Å². The summed E-state index contributed by atoms with van der Waals surface area (Å²) >= 11 is 6.05. The van der Waals surface area contributed by atoms with Crippen LogP contribution in [0.5, 0.6) is 0 Å². The van der Waals surface area contributed by atoms with Gasteiger partial charge < -0.3 is 0 Å². The minimum atomic E-state index is 0.583. The molecule has 0 spiro atoms. The highest BCUT2D eigenvalue weighted by atomic mass is 35.5. The maximum atomic E-state index is 6.05. The Morgan fingerprint density at radius 1 is 1.12 bits per heavy atom. The van der Waals surface area contributed by atoms with Crippen molar-refractivity contribution in [2.45, 2.75) is 38.5 Å². The third-order valence-corrected chi connectivity index (χ3v) is 4.40. The molecular weight excluding hydrogens is 251 g/mol. The molecule has 2 rings (SSSR count). The molecule has 94 valence electrons. The van der Waals surface area contributed by atoms with Crippen molar-refractivity contribution in [3.8, 4) is 0 Å². The normalized spacial score (nSPS) is 24.8. The maximum absolute atomic E-state index is 6.05. The Kier molecular flexibility index (Phi) is 5.18. The van der Waals surface area contributed by atoms with E-state index in [4.69, 9.17) is 11.6 Å². The van der Waals surface area contributed by atoms with Crippen LogP contribution in [0.4, 0.5) is 0 Å². The second-order valence-corrected chi connectivity index (χ2v) is 5.90. The van der Waals surface area contributed by atoms with Gasteiger partial charge in [-0.2, -0.15) is 0 Å². The van der Waals surface area contributed by atoms with Gasteiger partial charge in [-0.1, -0.05) is 24.4 Å². The molecule has 1 unspecified atom stereocenters. The average molecular weight is 271 g/mol. The minimum absolute atomic E-state index is 0.583. The van der Waals surface area contributed by atoms with Crippen LogP contribution < -0.4 is 0 Å². The van der Waals surface area contributed by atoms with Gasteiger partial charge >= 0.3 is 0 Å². The molecular formula is C13H20ClN2P. The zero-order chi connectivity index (χ0) is 12.1. The van der Waals surface area contributed by atoms with Gasteiger partial charge in [-0.3, -0.25) is 4.98 Å². The first-order chi connectivity index (χ1) is 8.29. The number of aromatic nitrogens is 2. The number of hydrogen-bond donors (Lipinski definition) is 0. The molecule has 1 aliphatic carbocycles. The van der Waals surface area contributed by atoms with Gasteiger partial charge in [-0.15, -0.1) is 9.24 Å². The number of halogens is 1. The van der Waals surface area contributed by atoms with Gasteiger partial charge in [0.25, 0.3) is 0 Å². The molecule has 4 heteroatoms. The van der Waals surface area contributed by atoms with Crippen molar-refractivity contribution in [2.24, 2.45) is 11.8 Å². The van der Waals surface area contributed by atoms with Crippen molar-refractivity contribution in [1.29, 1.82) is 0 Å². The van der Waals surface area contributed by atoms with Crippen molar-refractivity contribution in [3.63, 3.8) is 0 Å². The zero-order valence-corrected chi connectivity index (χ0v) is 12.0. The molecule has 1 aromatic rings. The molecule has 0 bridgehead atoms. The van der Waals surface area contributed by atoms with Gasteiger partial charge in [-0.05, 0) is 43.7 Å². The summed E-state index contributed by atoms with van der Waals surface area (Å²) in [5, 5.41) is 0.583. The summed E-state index contributed by atoms with van der Waals surface area (Å²) in [6, 6.07) is 0. The van der Waals surface area contributed by atoms with Crippen LogP contribution in [0.3, 0.4) is 0 Å². The van der Waals surface area contributed by atoms with Crippen LogP contribution in [0.2, 0.25) is 5.15 Å². The van der Waals surface area contributed by atoms with Gasteiger partial charge in [-0.25, -0.2) is 4.98 Å². The standard InChI is InChI=1S/C13H20ClN2P/c14-13-12(15-6-7-16-13)9-11-3-1-10(2-4-11)5-8-17/h6-7,10-11H,1-5,8-9,17H2. The van der Waals surface area contributed by atoms with Crippen molar-refractivity contribution >= 4 is 20.8 Å². The second-order valence-electron chi connectivity index (χ2n) is 4.96. The first-order valence-corrected chi connectivity index (χ1v) is 7.64. The molecule has 0 aliphatic heterocycles. The maximum Gasteiger partial charge on any atom is 0.150 e. The quantitative estimate of drug-likeness (QED) is 0.779. The summed E-state index contributed by atoms with van der Waals surface area (Å²) in [5.41, 5.74) is 0.976. The van der Waals surface area contributed by atoms with Crippen LogP contribution >= 0.6 is 20.8 Å². The van der Waals surface area contributed by atoms with E-state index in [2.05, 4.69) is 19.2 Å². The summed E-state index contributed by atoms with van der Waals surface area (Å²) in [7, 11) is 2.84. The van der Waals surface area contributed by atoms with Crippen molar-refractivity contribution in [3.05, 3.63) is 23.2 Å². The molecule has 1 atom stereocenters. The highest BCUT2D eigenvalue weighted by Gasteiger charge is 2.21. The van der Waals surface area contributed by atoms with E-state index in [1.807, 2.05) is 0 Å². The Bertz CT molecular complexity index is 351. The zero-order valence-electron chi connectivity index (χ0n) is 10.1. The molecule has 2 nitrogen and oxygen atoms in total. The Balaban J connectivity index is 1.84. The van der Waals surface area contributed by atoms with Crippen LogP contribution in [-0.4, -0.2) is 16.1 Å². The van der Waals surface area contributed by atoms with Crippen molar-refractivity contribution < 1.29 is 0 Å². The molecule has 17 heavy (non-hydrogen) atoms. The second kappa shape index (κ2) is 6.66. The van der Waals surface area contributed by atoms with E-state index in [1.165, 1.54) is 38.3 Å². The van der Waals surface area contributed by atoms with Crippen molar-refractivity contribution in [2.75, 3.05) is 6.16 Å². The lowest BCUT2D eigenvalue weighted by molar-refractivity contribution is 0.268. The van der Waals surface area contributed by atoms with E-state index in [9.17, 15) is 0 Å². The smallest absolute Gasteiger partial charge is 0.150 e. The molecule has 1 aromatic heterocycles. The first kappa shape index (κ1) is 13.2. The highest BCUT2D eigenvalue weighted by Crippen LogP contribution is 2.33. The lowest BCUT2D eigenvalue weighted by Gasteiger charge is -2.28. The van der Waals surface area contributed by atoms with E-state index < -0.39 is 0 Å². The Hall–Kier alpha value is -0.200. The number of hydrogen-bond acceptors (Lipinski definition) is 2. The topological polar surface area (TPSA) is 25.8 Å². The molecule has 1 heterocycles. The summed E-state index contributed by atoms with van der Waals surface area (Å²) in [5.74, 6) is 1.70. The monoisotopic (exact) mass is 270 g/mol. The fourth-order valence-corrected chi connectivity index (χ4v) is 3.37. The summed E-state index contributed by atoms with van der Waals surface area (Å²) in [4.78, 5) is 8.42. The molecule has 1 saturated carbocycles. The van der Waals surface area contributed by atoms with Crippen LogP contribution in [0.15, 0.2) is 12.4 Å². The number of rotatable bonds is 4. The fourth-order valence-electron chi connectivity index (χ4n) is 2.72. The largest absolute Gasteiger partial charge is 0.256 e. The molecule has 0 radical (unpaired) electrons. The first-order valence-electron chi connectivity index (χ1n) is 6.45. The molecule has 0 saturated heterocycles. The Morgan fingerprint density at radius 3 is 2.41 bits per heavy atom.